The first kappa shape index (κ1) is 16.2. The summed E-state index contributed by atoms with van der Waals surface area (Å²) in [7, 11) is 0. The lowest BCUT2D eigenvalue weighted by Gasteiger charge is -2.31. The molecule has 0 spiro atoms. The zero-order valence-corrected chi connectivity index (χ0v) is 14.8. The smallest absolute Gasteiger partial charge is 0.241 e. The summed E-state index contributed by atoms with van der Waals surface area (Å²) in [6.45, 7) is 0. The Balaban J connectivity index is 1.62. The molecule has 1 heterocycles. The van der Waals surface area contributed by atoms with Gasteiger partial charge in [0.15, 0.2) is 0 Å². The van der Waals surface area contributed by atoms with Crippen molar-refractivity contribution < 1.29 is 9.18 Å². The van der Waals surface area contributed by atoms with E-state index in [1.54, 1.807) is 28.8 Å². The fourth-order valence-electron chi connectivity index (χ4n) is 2.71. The van der Waals surface area contributed by atoms with E-state index < -0.39 is 0 Å². The number of anilines is 2. The molecule has 0 unspecified atom stereocenters. The summed E-state index contributed by atoms with van der Waals surface area (Å²) < 4.78 is 13.0. The van der Waals surface area contributed by atoms with Crippen molar-refractivity contribution in [1.82, 2.24) is 0 Å². The second-order valence-corrected chi connectivity index (χ2v) is 7.64. The predicted octanol–water partition coefficient (Wildman–Crippen LogP) is 5.75. The molecule has 0 saturated carbocycles. The van der Waals surface area contributed by atoms with Gasteiger partial charge in [-0.25, -0.2) is 4.39 Å². The molecule has 0 radical (unpaired) electrons. The number of hydrogen-bond donors (Lipinski definition) is 0. The molecule has 1 aliphatic heterocycles. The maximum atomic E-state index is 13.0. The number of hydrogen-bond acceptors (Lipinski definition) is 3. The number of carbonyl (C=O) groups excluding carboxylic acids is 1. The summed E-state index contributed by atoms with van der Waals surface area (Å²) in [5.41, 5.74) is 1.83. The van der Waals surface area contributed by atoms with E-state index in [9.17, 15) is 9.18 Å². The van der Waals surface area contributed by atoms with Crippen molar-refractivity contribution in [3.8, 4) is 0 Å². The molecular formula is C20H14FNOS2. The summed E-state index contributed by atoms with van der Waals surface area (Å²) in [5, 5.41) is 0. The fraction of sp³-hybridized carbons (Fsp3) is 0.0500. The fourth-order valence-corrected chi connectivity index (χ4v) is 4.52. The van der Waals surface area contributed by atoms with Crippen molar-refractivity contribution in [3.05, 3.63) is 78.6 Å². The standard InChI is InChI=1S/C20H14FNOS2/c21-14-9-11-15(12-10-14)24-13-20(23)22-16-5-1-3-7-18(16)25-19-8-4-2-6-17(19)22/h1-12H,13H2. The van der Waals surface area contributed by atoms with Crippen LogP contribution >= 0.6 is 23.5 Å². The first-order valence-electron chi connectivity index (χ1n) is 7.79. The maximum Gasteiger partial charge on any atom is 0.241 e. The van der Waals surface area contributed by atoms with Gasteiger partial charge in [-0.15, -0.1) is 11.8 Å². The molecule has 0 fully saturated rings. The Morgan fingerprint density at radius 1 is 0.880 bits per heavy atom. The van der Waals surface area contributed by atoms with Crippen molar-refractivity contribution in [3.63, 3.8) is 0 Å². The average molecular weight is 367 g/mol. The van der Waals surface area contributed by atoms with Crippen LogP contribution in [0.4, 0.5) is 15.8 Å². The molecule has 5 heteroatoms. The summed E-state index contributed by atoms with van der Waals surface area (Å²) in [6, 6.07) is 22.1. The van der Waals surface area contributed by atoms with Gasteiger partial charge in [0, 0.05) is 14.7 Å². The largest absolute Gasteiger partial charge is 0.278 e. The number of thioether (sulfide) groups is 1. The third kappa shape index (κ3) is 3.30. The Morgan fingerprint density at radius 3 is 2.04 bits per heavy atom. The van der Waals surface area contributed by atoms with E-state index in [0.717, 1.165) is 26.1 Å². The number of para-hydroxylation sites is 2. The SMILES string of the molecule is O=C(CSc1ccc(F)cc1)N1c2ccccc2Sc2ccccc21. The zero-order valence-electron chi connectivity index (χ0n) is 13.2. The van der Waals surface area contributed by atoms with Crippen molar-refractivity contribution in [2.45, 2.75) is 14.7 Å². The first-order chi connectivity index (χ1) is 12.2. The van der Waals surface area contributed by atoms with Crippen LogP contribution < -0.4 is 4.90 Å². The Labute approximate surface area is 154 Å². The second kappa shape index (κ2) is 6.94. The van der Waals surface area contributed by atoms with Crippen LogP contribution in [0, 0.1) is 5.82 Å². The van der Waals surface area contributed by atoms with Gasteiger partial charge >= 0.3 is 0 Å². The van der Waals surface area contributed by atoms with Crippen molar-refractivity contribution in [1.29, 1.82) is 0 Å². The van der Waals surface area contributed by atoms with E-state index in [-0.39, 0.29) is 11.7 Å². The van der Waals surface area contributed by atoms with Gasteiger partial charge in [0.2, 0.25) is 5.91 Å². The average Bonchev–Trinajstić information content (AvgIpc) is 2.65. The lowest BCUT2D eigenvalue weighted by molar-refractivity contribution is -0.115. The van der Waals surface area contributed by atoms with Crippen LogP contribution in [0.25, 0.3) is 0 Å². The zero-order chi connectivity index (χ0) is 17.2. The molecule has 3 aromatic carbocycles. The van der Waals surface area contributed by atoms with Crippen LogP contribution in [0.1, 0.15) is 0 Å². The number of nitrogens with zero attached hydrogens (tertiary/aromatic N) is 1. The van der Waals surface area contributed by atoms with Gasteiger partial charge in [-0.05, 0) is 48.5 Å². The molecule has 0 bridgehead atoms. The van der Waals surface area contributed by atoms with Gasteiger partial charge in [-0.2, -0.15) is 0 Å². The van der Waals surface area contributed by atoms with Crippen LogP contribution in [0.2, 0.25) is 0 Å². The van der Waals surface area contributed by atoms with Gasteiger partial charge in [0.05, 0.1) is 17.1 Å². The highest BCUT2D eigenvalue weighted by Gasteiger charge is 2.27. The summed E-state index contributed by atoms with van der Waals surface area (Å²) in [5.74, 6) is 0.0278. The number of rotatable bonds is 3. The van der Waals surface area contributed by atoms with E-state index in [4.69, 9.17) is 0 Å². The van der Waals surface area contributed by atoms with Crippen LogP contribution in [0.5, 0.6) is 0 Å². The Morgan fingerprint density at radius 2 is 1.44 bits per heavy atom. The lowest BCUT2D eigenvalue weighted by atomic mass is 10.2. The monoisotopic (exact) mass is 367 g/mol. The molecular weight excluding hydrogens is 353 g/mol. The molecule has 0 aromatic heterocycles. The summed E-state index contributed by atoms with van der Waals surface area (Å²) in [6.07, 6.45) is 0. The molecule has 25 heavy (non-hydrogen) atoms. The number of amides is 1. The van der Waals surface area contributed by atoms with E-state index in [1.165, 1.54) is 23.9 Å². The highest BCUT2D eigenvalue weighted by Crippen LogP contribution is 2.48. The molecule has 1 amide bonds. The molecule has 3 aromatic rings. The van der Waals surface area contributed by atoms with Crippen LogP contribution in [0.15, 0.2) is 87.5 Å². The molecule has 0 saturated heterocycles. The third-order valence-corrected chi connectivity index (χ3v) is 5.98. The van der Waals surface area contributed by atoms with Crippen molar-refractivity contribution in [2.24, 2.45) is 0 Å². The minimum atomic E-state index is -0.272. The van der Waals surface area contributed by atoms with E-state index in [2.05, 4.69) is 0 Å². The van der Waals surface area contributed by atoms with Gasteiger partial charge in [0.25, 0.3) is 0 Å². The van der Waals surface area contributed by atoms with Crippen molar-refractivity contribution in [2.75, 3.05) is 10.7 Å². The second-order valence-electron chi connectivity index (χ2n) is 5.51. The Bertz CT molecular complexity index is 881. The molecule has 0 atom stereocenters. The summed E-state index contributed by atoms with van der Waals surface area (Å²) in [4.78, 5) is 17.8. The third-order valence-electron chi connectivity index (χ3n) is 3.86. The molecule has 1 aliphatic rings. The summed E-state index contributed by atoms with van der Waals surface area (Å²) >= 11 is 3.09. The van der Waals surface area contributed by atoms with Crippen LogP contribution in [-0.4, -0.2) is 11.7 Å². The maximum absolute atomic E-state index is 13.0. The number of carbonyl (C=O) groups is 1. The normalized spacial score (nSPS) is 12.4. The predicted molar refractivity (Wildman–Crippen MR) is 101 cm³/mol. The lowest BCUT2D eigenvalue weighted by Crippen LogP contribution is -2.29. The molecule has 2 nitrogen and oxygen atoms in total. The van der Waals surface area contributed by atoms with E-state index >= 15 is 0 Å². The highest BCUT2D eigenvalue weighted by atomic mass is 32.2. The Hall–Kier alpha value is -2.24. The topological polar surface area (TPSA) is 20.3 Å². The molecule has 124 valence electrons. The number of fused-ring (bicyclic) bond motifs is 2. The van der Waals surface area contributed by atoms with E-state index in [1.807, 2.05) is 48.5 Å². The Kier molecular flexibility index (Phi) is 4.51. The molecule has 4 rings (SSSR count). The molecule has 0 N–H and O–H groups in total. The van der Waals surface area contributed by atoms with Gasteiger partial charge in [-0.3, -0.25) is 9.69 Å². The minimum Gasteiger partial charge on any atom is -0.278 e. The van der Waals surface area contributed by atoms with E-state index in [0.29, 0.717) is 5.75 Å². The first-order valence-corrected chi connectivity index (χ1v) is 9.60. The minimum absolute atomic E-state index is 0.00882. The van der Waals surface area contributed by atoms with Gasteiger partial charge in [0.1, 0.15) is 5.82 Å². The molecule has 0 aliphatic carbocycles. The van der Waals surface area contributed by atoms with Gasteiger partial charge in [-0.1, -0.05) is 36.0 Å². The number of halogens is 1. The quantitative estimate of drug-likeness (QED) is 0.550. The van der Waals surface area contributed by atoms with Gasteiger partial charge < -0.3 is 0 Å². The van der Waals surface area contributed by atoms with Crippen molar-refractivity contribution >= 4 is 40.8 Å². The van der Waals surface area contributed by atoms with Crippen LogP contribution in [0.3, 0.4) is 0 Å². The highest BCUT2D eigenvalue weighted by molar-refractivity contribution is 8.00. The number of benzene rings is 3. The van der Waals surface area contributed by atoms with Crippen LogP contribution in [-0.2, 0) is 4.79 Å².